The van der Waals surface area contributed by atoms with Gasteiger partial charge in [-0.3, -0.25) is 0 Å². The molecule has 27 heavy (non-hydrogen) atoms. The summed E-state index contributed by atoms with van der Waals surface area (Å²) in [7, 11) is 0. The second kappa shape index (κ2) is 5.64. The van der Waals surface area contributed by atoms with Crippen molar-refractivity contribution >= 4 is 6.09 Å². The van der Waals surface area contributed by atoms with Crippen LogP contribution in [0.5, 0.6) is 0 Å². The van der Waals surface area contributed by atoms with Crippen molar-refractivity contribution in [3.05, 3.63) is 18.2 Å². The molecule has 1 amide bonds. The van der Waals surface area contributed by atoms with Crippen LogP contribution < -0.4 is 0 Å². The van der Waals surface area contributed by atoms with E-state index >= 15 is 0 Å². The van der Waals surface area contributed by atoms with Gasteiger partial charge in [0.05, 0.1) is 12.0 Å². The maximum atomic E-state index is 13.2. The number of hydrogen-bond acceptors (Lipinski definition) is 3. The standard InChI is InChI=1S/C19H26F3N3O2/c1-16(2,3)27-15(26)25-10-17(11-25)6-13(7-17)8-24-9-14(23-12-24)18(4-5-18)19(20,21)22/h9,12-13H,4-8,10-11H2,1-3H3. The van der Waals surface area contributed by atoms with E-state index < -0.39 is 17.2 Å². The summed E-state index contributed by atoms with van der Waals surface area (Å²) in [4.78, 5) is 17.8. The van der Waals surface area contributed by atoms with Crippen LogP contribution in [0.2, 0.25) is 0 Å². The SMILES string of the molecule is CC(C)(C)OC(=O)N1CC2(CC(Cn3cnc(C4(C(F)(F)F)CC4)c3)C2)C1. The number of imidazole rings is 1. The summed E-state index contributed by atoms with van der Waals surface area (Å²) in [5.74, 6) is 0.425. The lowest BCUT2D eigenvalue weighted by Gasteiger charge is -2.58. The van der Waals surface area contributed by atoms with Crippen LogP contribution >= 0.6 is 0 Å². The van der Waals surface area contributed by atoms with Gasteiger partial charge in [0.15, 0.2) is 0 Å². The highest BCUT2D eigenvalue weighted by atomic mass is 19.4. The van der Waals surface area contributed by atoms with Crippen LogP contribution in [0.4, 0.5) is 18.0 Å². The minimum Gasteiger partial charge on any atom is -0.444 e. The van der Waals surface area contributed by atoms with E-state index in [9.17, 15) is 18.0 Å². The van der Waals surface area contributed by atoms with E-state index in [1.165, 1.54) is 6.33 Å². The molecule has 2 saturated carbocycles. The molecule has 2 heterocycles. The number of alkyl halides is 3. The van der Waals surface area contributed by atoms with Gasteiger partial charge in [-0.2, -0.15) is 13.2 Å². The lowest BCUT2D eigenvalue weighted by molar-refractivity contribution is -0.161. The van der Waals surface area contributed by atoms with Crippen LogP contribution in [0.15, 0.2) is 12.5 Å². The van der Waals surface area contributed by atoms with Crippen molar-refractivity contribution in [3.63, 3.8) is 0 Å². The number of amides is 1. The molecule has 0 atom stereocenters. The number of hydrogen-bond donors (Lipinski definition) is 0. The number of likely N-dealkylation sites (tertiary alicyclic amines) is 1. The quantitative estimate of drug-likeness (QED) is 0.786. The number of carbonyl (C=O) groups is 1. The van der Waals surface area contributed by atoms with Gasteiger partial charge >= 0.3 is 12.3 Å². The molecule has 4 rings (SSSR count). The number of carbonyl (C=O) groups excluding carboxylic acids is 1. The molecule has 3 aliphatic rings. The van der Waals surface area contributed by atoms with Gasteiger partial charge in [0.25, 0.3) is 0 Å². The first-order valence-electron chi connectivity index (χ1n) is 9.48. The fourth-order valence-electron chi connectivity index (χ4n) is 4.59. The van der Waals surface area contributed by atoms with Gasteiger partial charge in [0, 0.05) is 31.2 Å². The Morgan fingerprint density at radius 3 is 2.41 bits per heavy atom. The lowest BCUT2D eigenvalue weighted by Crippen LogP contribution is -2.64. The Hall–Kier alpha value is -1.73. The first kappa shape index (κ1) is 18.6. The third kappa shape index (κ3) is 3.31. The molecule has 0 bridgehead atoms. The van der Waals surface area contributed by atoms with Crippen LogP contribution in [0.3, 0.4) is 0 Å². The molecule has 1 aliphatic heterocycles. The highest BCUT2D eigenvalue weighted by Crippen LogP contribution is 2.58. The average Bonchev–Trinajstić information content (AvgIpc) is 3.12. The molecule has 1 spiro atoms. The van der Waals surface area contributed by atoms with Crippen LogP contribution in [0.1, 0.15) is 52.1 Å². The van der Waals surface area contributed by atoms with E-state index in [0.717, 1.165) is 12.8 Å². The predicted octanol–water partition coefficient (Wildman–Crippen LogP) is 4.12. The largest absolute Gasteiger partial charge is 0.444 e. The van der Waals surface area contributed by atoms with E-state index in [-0.39, 0.29) is 30.0 Å². The van der Waals surface area contributed by atoms with Crippen molar-refractivity contribution in [2.45, 2.75) is 70.2 Å². The summed E-state index contributed by atoms with van der Waals surface area (Å²) >= 11 is 0. The van der Waals surface area contributed by atoms with Crippen LogP contribution in [0.25, 0.3) is 0 Å². The van der Waals surface area contributed by atoms with Crippen molar-refractivity contribution < 1.29 is 22.7 Å². The first-order chi connectivity index (χ1) is 12.4. The van der Waals surface area contributed by atoms with Crippen molar-refractivity contribution in [3.8, 4) is 0 Å². The van der Waals surface area contributed by atoms with Crippen molar-refractivity contribution in [2.75, 3.05) is 13.1 Å². The maximum Gasteiger partial charge on any atom is 0.410 e. The molecule has 1 aromatic rings. The first-order valence-corrected chi connectivity index (χ1v) is 9.48. The minimum absolute atomic E-state index is 0.139. The van der Waals surface area contributed by atoms with Crippen molar-refractivity contribution in [1.29, 1.82) is 0 Å². The van der Waals surface area contributed by atoms with Gasteiger partial charge in [0.1, 0.15) is 11.0 Å². The molecule has 0 radical (unpaired) electrons. The van der Waals surface area contributed by atoms with E-state index in [1.807, 2.05) is 20.8 Å². The van der Waals surface area contributed by atoms with Gasteiger partial charge in [-0.05, 0) is 52.4 Å². The summed E-state index contributed by atoms with van der Waals surface area (Å²) in [6.07, 6.45) is 0.871. The van der Waals surface area contributed by atoms with Gasteiger partial charge in [-0.15, -0.1) is 0 Å². The summed E-state index contributed by atoms with van der Waals surface area (Å²) in [6, 6.07) is 0. The highest BCUT2D eigenvalue weighted by molar-refractivity contribution is 5.69. The lowest BCUT2D eigenvalue weighted by atomic mass is 9.58. The Labute approximate surface area is 156 Å². The third-order valence-electron chi connectivity index (χ3n) is 6.03. The molecule has 150 valence electrons. The zero-order valence-electron chi connectivity index (χ0n) is 16.0. The van der Waals surface area contributed by atoms with Gasteiger partial charge in [-0.25, -0.2) is 9.78 Å². The Kier molecular flexibility index (Phi) is 3.89. The zero-order valence-corrected chi connectivity index (χ0v) is 16.0. The summed E-state index contributed by atoms with van der Waals surface area (Å²) in [6.45, 7) is 7.67. The second-order valence-corrected chi connectivity index (χ2v) is 9.65. The number of aromatic nitrogens is 2. The fraction of sp³-hybridized carbons (Fsp3) is 0.789. The van der Waals surface area contributed by atoms with Gasteiger partial charge < -0.3 is 14.2 Å². The number of halogens is 3. The Bertz CT molecular complexity index is 732. The molecule has 2 aliphatic carbocycles. The van der Waals surface area contributed by atoms with Crippen LogP contribution in [0, 0.1) is 11.3 Å². The van der Waals surface area contributed by atoms with E-state index in [1.54, 1.807) is 15.7 Å². The molecule has 1 saturated heterocycles. The van der Waals surface area contributed by atoms with Crippen LogP contribution in [-0.2, 0) is 16.7 Å². The summed E-state index contributed by atoms with van der Waals surface area (Å²) in [5, 5.41) is 0. The molecule has 0 unspecified atom stereocenters. The Morgan fingerprint density at radius 1 is 1.26 bits per heavy atom. The smallest absolute Gasteiger partial charge is 0.410 e. The van der Waals surface area contributed by atoms with Crippen molar-refractivity contribution in [2.24, 2.45) is 11.3 Å². The van der Waals surface area contributed by atoms with E-state index in [2.05, 4.69) is 4.98 Å². The number of nitrogens with zero attached hydrogens (tertiary/aromatic N) is 3. The van der Waals surface area contributed by atoms with E-state index in [0.29, 0.717) is 25.6 Å². The van der Waals surface area contributed by atoms with Crippen molar-refractivity contribution in [1.82, 2.24) is 14.5 Å². The summed E-state index contributed by atoms with van der Waals surface area (Å²) < 4.78 is 46.8. The zero-order chi connectivity index (χ0) is 19.7. The molecular weight excluding hydrogens is 359 g/mol. The van der Waals surface area contributed by atoms with E-state index in [4.69, 9.17) is 4.74 Å². The second-order valence-electron chi connectivity index (χ2n) is 9.65. The Morgan fingerprint density at radius 2 is 1.89 bits per heavy atom. The maximum absolute atomic E-state index is 13.2. The minimum atomic E-state index is -4.22. The number of ether oxygens (including phenoxy) is 1. The highest BCUT2D eigenvalue weighted by Gasteiger charge is 2.65. The summed E-state index contributed by atoms with van der Waals surface area (Å²) in [5.41, 5.74) is -1.87. The monoisotopic (exact) mass is 385 g/mol. The average molecular weight is 385 g/mol. The van der Waals surface area contributed by atoms with Gasteiger partial charge in [0.2, 0.25) is 0 Å². The molecule has 1 aromatic heterocycles. The van der Waals surface area contributed by atoms with Gasteiger partial charge in [-0.1, -0.05) is 0 Å². The normalized spacial score (nSPS) is 23.7. The molecule has 0 N–H and O–H groups in total. The molecule has 5 nitrogen and oxygen atoms in total. The molecular formula is C19H26F3N3O2. The fourth-order valence-corrected chi connectivity index (χ4v) is 4.59. The molecule has 8 heteroatoms. The van der Waals surface area contributed by atoms with Crippen LogP contribution in [-0.4, -0.2) is 45.4 Å². The number of rotatable bonds is 3. The predicted molar refractivity (Wildman–Crippen MR) is 92.2 cm³/mol. The molecule has 3 fully saturated rings. The topological polar surface area (TPSA) is 47.4 Å². The third-order valence-corrected chi connectivity index (χ3v) is 6.03. The Balaban J connectivity index is 1.26. The molecule has 0 aromatic carbocycles.